The number of fused-ring (bicyclic) bond motifs is 1. The van der Waals surface area contributed by atoms with Gasteiger partial charge in [-0.15, -0.1) is 0 Å². The number of nitrogens with zero attached hydrogens (tertiary/aromatic N) is 2. The lowest BCUT2D eigenvalue weighted by Crippen LogP contribution is -2.24. The summed E-state index contributed by atoms with van der Waals surface area (Å²) in [7, 11) is 0. The van der Waals surface area contributed by atoms with E-state index in [1.165, 1.54) is 11.1 Å². The summed E-state index contributed by atoms with van der Waals surface area (Å²) < 4.78 is 2.32. The predicted octanol–water partition coefficient (Wildman–Crippen LogP) is 5.88. The number of amides is 1. The first-order valence-corrected chi connectivity index (χ1v) is 11.1. The van der Waals surface area contributed by atoms with Crippen LogP contribution in [0.4, 0.5) is 0 Å². The van der Waals surface area contributed by atoms with Gasteiger partial charge in [0.2, 0.25) is 0 Å². The number of rotatable bonds is 9. The van der Waals surface area contributed by atoms with Crippen molar-refractivity contribution in [1.82, 2.24) is 14.9 Å². The summed E-state index contributed by atoms with van der Waals surface area (Å²) >= 11 is 6.09. The summed E-state index contributed by atoms with van der Waals surface area (Å²) in [5.74, 6) is 1.00. The minimum absolute atomic E-state index is 0.116. The number of carbonyl (C=O) groups is 1. The lowest BCUT2D eigenvalue weighted by atomic mass is 10.1. The van der Waals surface area contributed by atoms with E-state index in [0.717, 1.165) is 43.6 Å². The molecule has 4 nitrogen and oxygen atoms in total. The van der Waals surface area contributed by atoms with Gasteiger partial charge in [0, 0.05) is 19.5 Å². The second-order valence-electron chi connectivity index (χ2n) is 7.63. The third-order valence-corrected chi connectivity index (χ3v) is 5.73. The van der Waals surface area contributed by atoms with Crippen molar-refractivity contribution in [1.29, 1.82) is 0 Å². The number of aromatic nitrogens is 2. The van der Waals surface area contributed by atoms with E-state index in [1.807, 2.05) is 24.3 Å². The van der Waals surface area contributed by atoms with Gasteiger partial charge in [-0.1, -0.05) is 72.6 Å². The number of unbranched alkanes of at least 4 members (excludes halogenated alkanes) is 2. The monoisotopic (exact) mass is 431 g/mol. The van der Waals surface area contributed by atoms with Crippen molar-refractivity contribution in [3.8, 4) is 0 Å². The number of imidazole rings is 1. The van der Waals surface area contributed by atoms with Crippen LogP contribution in [0.5, 0.6) is 0 Å². The molecule has 0 unspecified atom stereocenters. The molecule has 4 rings (SSSR count). The van der Waals surface area contributed by atoms with Crippen LogP contribution in [-0.4, -0.2) is 22.0 Å². The van der Waals surface area contributed by atoms with Gasteiger partial charge in [0.1, 0.15) is 5.82 Å². The SMILES string of the molecule is O=C(NCCCCCc1nc2ccccc2n1Cc1ccccc1)c1ccccc1Cl. The van der Waals surface area contributed by atoms with Gasteiger partial charge in [-0.3, -0.25) is 4.79 Å². The molecule has 1 amide bonds. The highest BCUT2D eigenvalue weighted by atomic mass is 35.5. The first-order chi connectivity index (χ1) is 15.2. The molecule has 1 N–H and O–H groups in total. The fourth-order valence-corrected chi connectivity index (χ4v) is 4.01. The third-order valence-electron chi connectivity index (χ3n) is 5.40. The summed E-state index contributed by atoms with van der Waals surface area (Å²) in [6, 6.07) is 25.9. The molecule has 3 aromatic carbocycles. The second kappa shape index (κ2) is 10.3. The van der Waals surface area contributed by atoms with E-state index in [-0.39, 0.29) is 5.91 Å². The highest BCUT2D eigenvalue weighted by Crippen LogP contribution is 2.20. The van der Waals surface area contributed by atoms with Crippen molar-refractivity contribution in [2.24, 2.45) is 0 Å². The number of hydrogen-bond donors (Lipinski definition) is 1. The lowest BCUT2D eigenvalue weighted by molar-refractivity contribution is 0.0953. The largest absolute Gasteiger partial charge is 0.352 e. The van der Waals surface area contributed by atoms with Crippen molar-refractivity contribution < 1.29 is 4.79 Å². The summed E-state index contributed by atoms with van der Waals surface area (Å²) in [6.45, 7) is 1.47. The fraction of sp³-hybridized carbons (Fsp3) is 0.231. The number of halogens is 1. The van der Waals surface area contributed by atoms with Crippen LogP contribution in [0.15, 0.2) is 78.9 Å². The zero-order chi connectivity index (χ0) is 21.5. The molecule has 0 spiro atoms. The Hall–Kier alpha value is -3.11. The van der Waals surface area contributed by atoms with E-state index in [1.54, 1.807) is 12.1 Å². The standard InChI is InChI=1S/C26H26ClN3O/c27-22-14-7-6-13-21(22)26(31)28-18-10-2-5-17-25-29-23-15-8-9-16-24(23)30(25)19-20-11-3-1-4-12-20/h1,3-4,6-9,11-16H,2,5,10,17-19H2,(H,28,31). The number of benzene rings is 3. The maximum Gasteiger partial charge on any atom is 0.252 e. The highest BCUT2D eigenvalue weighted by Gasteiger charge is 2.11. The van der Waals surface area contributed by atoms with Crippen LogP contribution >= 0.6 is 11.6 Å². The van der Waals surface area contributed by atoms with Crippen molar-refractivity contribution in [3.05, 3.63) is 101 Å². The Labute approximate surface area is 187 Å². The van der Waals surface area contributed by atoms with E-state index in [9.17, 15) is 4.79 Å². The first-order valence-electron chi connectivity index (χ1n) is 10.7. The maximum absolute atomic E-state index is 12.2. The molecule has 0 aliphatic carbocycles. The average molecular weight is 432 g/mol. The molecule has 0 atom stereocenters. The Balaban J connectivity index is 1.31. The normalized spacial score (nSPS) is 11.0. The number of carbonyl (C=O) groups excluding carboxylic acids is 1. The molecule has 0 fully saturated rings. The molecule has 0 saturated heterocycles. The maximum atomic E-state index is 12.2. The number of nitrogens with one attached hydrogen (secondary N) is 1. The van der Waals surface area contributed by atoms with Gasteiger partial charge in [0.25, 0.3) is 5.91 Å². The number of hydrogen-bond acceptors (Lipinski definition) is 2. The minimum atomic E-state index is -0.116. The molecule has 158 valence electrons. The van der Waals surface area contributed by atoms with Crippen molar-refractivity contribution >= 4 is 28.5 Å². The van der Waals surface area contributed by atoms with Gasteiger partial charge >= 0.3 is 0 Å². The molecule has 0 aliphatic heterocycles. The molecule has 0 radical (unpaired) electrons. The third kappa shape index (κ3) is 5.33. The molecular weight excluding hydrogens is 406 g/mol. The molecule has 1 heterocycles. The zero-order valence-electron chi connectivity index (χ0n) is 17.4. The minimum Gasteiger partial charge on any atom is -0.352 e. The van der Waals surface area contributed by atoms with Crippen molar-refractivity contribution in [2.75, 3.05) is 6.54 Å². The van der Waals surface area contributed by atoms with Crippen LogP contribution in [0, 0.1) is 0 Å². The van der Waals surface area contributed by atoms with Gasteiger partial charge in [0.15, 0.2) is 0 Å². The number of para-hydroxylation sites is 2. The second-order valence-corrected chi connectivity index (χ2v) is 8.04. The Morgan fingerprint density at radius 1 is 0.871 bits per heavy atom. The molecule has 1 aromatic heterocycles. The molecular formula is C26H26ClN3O. The van der Waals surface area contributed by atoms with E-state index < -0.39 is 0 Å². The van der Waals surface area contributed by atoms with Crippen molar-refractivity contribution in [2.45, 2.75) is 32.2 Å². The van der Waals surface area contributed by atoms with Crippen LogP contribution in [0.25, 0.3) is 11.0 Å². The van der Waals surface area contributed by atoms with Gasteiger partial charge in [-0.05, 0) is 42.7 Å². The first kappa shape index (κ1) is 21.1. The molecule has 31 heavy (non-hydrogen) atoms. The summed E-state index contributed by atoms with van der Waals surface area (Å²) in [6.07, 6.45) is 3.90. The molecule has 5 heteroatoms. The topological polar surface area (TPSA) is 46.9 Å². The van der Waals surface area contributed by atoms with E-state index in [4.69, 9.17) is 16.6 Å². The van der Waals surface area contributed by atoms with Gasteiger partial charge < -0.3 is 9.88 Å². The average Bonchev–Trinajstić information content (AvgIpc) is 3.14. The van der Waals surface area contributed by atoms with Crippen molar-refractivity contribution in [3.63, 3.8) is 0 Å². The lowest BCUT2D eigenvalue weighted by Gasteiger charge is -2.10. The number of aryl methyl sites for hydroxylation is 1. The highest BCUT2D eigenvalue weighted by molar-refractivity contribution is 6.33. The van der Waals surface area contributed by atoms with Crippen LogP contribution in [0.1, 0.15) is 41.0 Å². The van der Waals surface area contributed by atoms with Crippen LogP contribution in [-0.2, 0) is 13.0 Å². The van der Waals surface area contributed by atoms with Crippen LogP contribution < -0.4 is 5.32 Å². The predicted molar refractivity (Wildman–Crippen MR) is 127 cm³/mol. The zero-order valence-corrected chi connectivity index (χ0v) is 18.2. The van der Waals surface area contributed by atoms with E-state index in [2.05, 4.69) is 52.3 Å². The summed E-state index contributed by atoms with van der Waals surface area (Å²) in [5.41, 5.74) is 4.02. The Bertz CT molecular complexity index is 1150. The van der Waals surface area contributed by atoms with Gasteiger partial charge in [-0.25, -0.2) is 4.98 Å². The summed E-state index contributed by atoms with van der Waals surface area (Å²) in [5, 5.41) is 3.44. The Kier molecular flexibility index (Phi) is 7.00. The quantitative estimate of drug-likeness (QED) is 0.336. The van der Waals surface area contributed by atoms with E-state index in [0.29, 0.717) is 17.1 Å². The van der Waals surface area contributed by atoms with Crippen LogP contribution in [0.3, 0.4) is 0 Å². The van der Waals surface area contributed by atoms with E-state index >= 15 is 0 Å². The Morgan fingerprint density at radius 3 is 2.45 bits per heavy atom. The van der Waals surface area contributed by atoms with Gasteiger partial charge in [-0.2, -0.15) is 0 Å². The smallest absolute Gasteiger partial charge is 0.252 e. The summed E-state index contributed by atoms with van der Waals surface area (Å²) in [4.78, 5) is 17.1. The molecule has 0 saturated carbocycles. The van der Waals surface area contributed by atoms with Gasteiger partial charge in [0.05, 0.1) is 21.6 Å². The van der Waals surface area contributed by atoms with Crippen LogP contribution in [0.2, 0.25) is 5.02 Å². The molecule has 4 aromatic rings. The molecule has 0 bridgehead atoms. The fourth-order valence-electron chi connectivity index (χ4n) is 3.79. The Morgan fingerprint density at radius 2 is 1.61 bits per heavy atom. The molecule has 0 aliphatic rings.